The molecule has 1 aliphatic rings. The molecule has 200 valence electrons. The quantitative estimate of drug-likeness (QED) is 0.160. The molecule has 0 aromatic heterocycles. The van der Waals surface area contributed by atoms with Gasteiger partial charge in [-0.15, -0.1) is 0 Å². The predicted octanol–water partition coefficient (Wildman–Crippen LogP) is 5.38. The number of amides is 4. The maximum absolute atomic E-state index is 12.7. The van der Waals surface area contributed by atoms with Gasteiger partial charge in [-0.2, -0.15) is 0 Å². The van der Waals surface area contributed by atoms with Crippen molar-refractivity contribution in [2.24, 2.45) is 0 Å². The zero-order chi connectivity index (χ0) is 27.6. The molecule has 0 spiro atoms. The molecule has 0 radical (unpaired) electrons. The zero-order valence-corrected chi connectivity index (χ0v) is 21.6. The van der Waals surface area contributed by atoms with Gasteiger partial charge in [0.1, 0.15) is 11.5 Å². The Bertz CT molecular complexity index is 1660. The Kier molecular flexibility index (Phi) is 6.57. The Morgan fingerprint density at radius 3 is 1.40 bits per heavy atom. The summed E-state index contributed by atoms with van der Waals surface area (Å²) in [5, 5.41) is 37.9. The topological polar surface area (TPSA) is 123 Å². The van der Waals surface area contributed by atoms with E-state index in [9.17, 15) is 19.8 Å². The zero-order valence-electron chi connectivity index (χ0n) is 21.6. The van der Waals surface area contributed by atoms with Crippen LogP contribution in [0.1, 0.15) is 22.3 Å². The average molecular weight is 533 g/mol. The first-order valence-electron chi connectivity index (χ1n) is 13.1. The first-order valence-corrected chi connectivity index (χ1v) is 13.1. The summed E-state index contributed by atoms with van der Waals surface area (Å²) in [5.74, 6) is -0.0687. The number of hydrogen-bond acceptors (Lipinski definition) is 4. The third-order valence-electron chi connectivity index (χ3n) is 7.23. The summed E-state index contributed by atoms with van der Waals surface area (Å²) in [6.45, 7) is 0.751. The second-order valence-corrected chi connectivity index (χ2v) is 9.85. The molecule has 5 aromatic carbocycles. The summed E-state index contributed by atoms with van der Waals surface area (Å²) in [6, 6.07) is 25.7. The number of aromatic hydroxyl groups is 2. The van der Waals surface area contributed by atoms with E-state index < -0.39 is 0 Å². The summed E-state index contributed by atoms with van der Waals surface area (Å²) < 4.78 is 0. The lowest BCUT2D eigenvalue weighted by Crippen LogP contribution is -2.35. The van der Waals surface area contributed by atoms with Crippen molar-refractivity contribution in [1.29, 1.82) is 0 Å². The minimum Gasteiger partial charge on any atom is -0.507 e. The Balaban J connectivity index is 1.53. The van der Waals surface area contributed by atoms with Crippen LogP contribution in [0.5, 0.6) is 11.5 Å². The summed E-state index contributed by atoms with van der Waals surface area (Å²) in [6.07, 6.45) is 0. The third-order valence-corrected chi connectivity index (χ3v) is 7.23. The first kappa shape index (κ1) is 25.1. The minimum absolute atomic E-state index is 0.0343. The van der Waals surface area contributed by atoms with Crippen molar-refractivity contribution in [2.75, 3.05) is 0 Å². The van der Waals surface area contributed by atoms with Crippen molar-refractivity contribution in [2.45, 2.75) is 26.2 Å². The van der Waals surface area contributed by atoms with Gasteiger partial charge in [-0.25, -0.2) is 9.59 Å². The van der Waals surface area contributed by atoms with E-state index in [1.807, 2.05) is 84.9 Å². The van der Waals surface area contributed by atoms with Crippen molar-refractivity contribution >= 4 is 33.6 Å². The van der Waals surface area contributed by atoms with Gasteiger partial charge in [-0.1, -0.05) is 72.8 Å². The molecule has 0 saturated heterocycles. The molecule has 4 amide bonds. The number of phenols is 2. The summed E-state index contributed by atoms with van der Waals surface area (Å²) in [5.41, 5.74) is 3.71. The molecule has 6 N–H and O–H groups in total. The lowest BCUT2D eigenvalue weighted by Gasteiger charge is -2.19. The normalized spacial score (nSPS) is 14.2. The molecule has 0 aliphatic carbocycles. The van der Waals surface area contributed by atoms with Gasteiger partial charge in [0.2, 0.25) is 0 Å². The van der Waals surface area contributed by atoms with Crippen LogP contribution in [0.2, 0.25) is 0 Å². The van der Waals surface area contributed by atoms with Crippen LogP contribution in [-0.2, 0) is 26.2 Å². The number of rotatable bonds is 0. The van der Waals surface area contributed by atoms with Gasteiger partial charge in [-0.3, -0.25) is 0 Å². The van der Waals surface area contributed by atoms with Crippen LogP contribution in [0.15, 0.2) is 84.9 Å². The number of nitrogens with one attached hydrogen (secondary N) is 4. The highest BCUT2D eigenvalue weighted by Gasteiger charge is 2.22. The SMILES string of the molecule is O=C1NCc2cccc(c2)CNC(=O)NCc2cc3ccccc3c(c2O)-c2c(O)c(cc3ccccc23)CN1. The van der Waals surface area contributed by atoms with Crippen LogP contribution in [-0.4, -0.2) is 22.3 Å². The Morgan fingerprint density at radius 2 is 0.925 bits per heavy atom. The van der Waals surface area contributed by atoms with E-state index in [2.05, 4.69) is 21.3 Å². The first-order chi connectivity index (χ1) is 19.5. The molecule has 0 atom stereocenters. The highest BCUT2D eigenvalue weighted by atomic mass is 16.3. The fourth-order valence-corrected chi connectivity index (χ4v) is 5.26. The summed E-state index contributed by atoms with van der Waals surface area (Å²) in [4.78, 5) is 25.4. The van der Waals surface area contributed by atoms with Gasteiger partial charge in [0.25, 0.3) is 0 Å². The molecule has 0 fully saturated rings. The van der Waals surface area contributed by atoms with Crippen molar-refractivity contribution in [1.82, 2.24) is 21.3 Å². The van der Waals surface area contributed by atoms with Crippen LogP contribution < -0.4 is 21.3 Å². The van der Waals surface area contributed by atoms with E-state index in [1.165, 1.54) is 0 Å². The second-order valence-electron chi connectivity index (χ2n) is 9.85. The van der Waals surface area contributed by atoms with E-state index in [0.29, 0.717) is 35.3 Å². The van der Waals surface area contributed by atoms with Crippen molar-refractivity contribution in [3.63, 3.8) is 0 Å². The van der Waals surface area contributed by atoms with Crippen molar-refractivity contribution < 1.29 is 19.8 Å². The maximum atomic E-state index is 12.7. The van der Waals surface area contributed by atoms with Gasteiger partial charge >= 0.3 is 12.1 Å². The Labute approximate surface area is 230 Å². The minimum atomic E-state index is -0.384. The molecule has 0 saturated carbocycles. The van der Waals surface area contributed by atoms with Crippen LogP contribution in [0.3, 0.4) is 0 Å². The van der Waals surface area contributed by atoms with Crippen LogP contribution in [0, 0.1) is 0 Å². The highest BCUT2D eigenvalue weighted by Crippen LogP contribution is 2.47. The molecule has 6 rings (SSSR count). The average Bonchev–Trinajstić information content (AvgIpc) is 2.97. The fourth-order valence-electron chi connectivity index (χ4n) is 5.26. The monoisotopic (exact) mass is 532 g/mol. The standard InChI is InChI=1S/C32H28N4O4/c37-29-23-13-21-8-1-3-10-25(21)27(29)28-26-11-4-2-9-22(26)14-24(30(28)38)18-36-32(40)34-16-20-7-5-6-19(12-20)15-33-31(39)35-17-23/h1-14,37-38H,15-18H2,(H2,33,35,39)(H2,34,36,40). The fraction of sp³-hybridized carbons (Fsp3) is 0.125. The summed E-state index contributed by atoms with van der Waals surface area (Å²) >= 11 is 0. The smallest absolute Gasteiger partial charge is 0.315 e. The Hall–Kier alpha value is -5.24. The molecule has 8 heteroatoms. The number of benzene rings is 5. The van der Waals surface area contributed by atoms with Crippen molar-refractivity contribution in [3.8, 4) is 22.6 Å². The second kappa shape index (κ2) is 10.5. The van der Waals surface area contributed by atoms with Gasteiger partial charge in [0.15, 0.2) is 0 Å². The molecule has 8 nitrogen and oxygen atoms in total. The summed E-state index contributed by atoms with van der Waals surface area (Å²) in [7, 11) is 0. The van der Waals surface area contributed by atoms with Gasteiger partial charge in [0, 0.05) is 48.4 Å². The lowest BCUT2D eigenvalue weighted by molar-refractivity contribution is 0.239. The largest absolute Gasteiger partial charge is 0.507 e. The molecule has 1 aliphatic heterocycles. The number of hydrogen-bond donors (Lipinski definition) is 6. The number of urea groups is 2. The molecule has 5 aromatic rings. The third kappa shape index (κ3) is 4.82. The van der Waals surface area contributed by atoms with E-state index in [0.717, 1.165) is 32.7 Å². The van der Waals surface area contributed by atoms with Gasteiger partial charge in [-0.05, 0) is 44.8 Å². The predicted molar refractivity (Wildman–Crippen MR) is 155 cm³/mol. The molecule has 0 unspecified atom stereocenters. The molecular weight excluding hydrogens is 504 g/mol. The molecule has 1 heterocycles. The number of carbonyl (C=O) groups excluding carboxylic acids is 2. The molecule has 6 bridgehead atoms. The van der Waals surface area contributed by atoms with Crippen LogP contribution >= 0.6 is 0 Å². The van der Waals surface area contributed by atoms with Gasteiger partial charge < -0.3 is 31.5 Å². The molecule has 40 heavy (non-hydrogen) atoms. The highest BCUT2D eigenvalue weighted by molar-refractivity contribution is 6.10. The number of fused-ring (bicyclic) bond motifs is 11. The van der Waals surface area contributed by atoms with Crippen molar-refractivity contribution in [3.05, 3.63) is 107 Å². The molecular formula is C32H28N4O4. The Morgan fingerprint density at radius 1 is 0.500 bits per heavy atom. The van der Waals surface area contributed by atoms with E-state index in [-0.39, 0.29) is 36.7 Å². The van der Waals surface area contributed by atoms with Gasteiger partial charge in [0.05, 0.1) is 0 Å². The number of phenolic OH excluding ortho intramolecular Hbond substituents is 2. The van der Waals surface area contributed by atoms with E-state index in [4.69, 9.17) is 0 Å². The van der Waals surface area contributed by atoms with Crippen LogP contribution in [0.4, 0.5) is 9.59 Å². The van der Waals surface area contributed by atoms with E-state index >= 15 is 0 Å². The lowest BCUT2D eigenvalue weighted by atomic mass is 9.88. The van der Waals surface area contributed by atoms with E-state index in [1.54, 1.807) is 0 Å². The maximum Gasteiger partial charge on any atom is 0.315 e. The van der Waals surface area contributed by atoms with Crippen LogP contribution in [0.25, 0.3) is 32.7 Å². The number of carbonyl (C=O) groups is 2.